The van der Waals surface area contributed by atoms with Crippen LogP contribution in [0.25, 0.3) is 5.57 Å². The van der Waals surface area contributed by atoms with Gasteiger partial charge in [0.25, 0.3) is 11.8 Å². The minimum Gasteiger partial charge on any atom is -0.366 e. The van der Waals surface area contributed by atoms with Crippen LogP contribution in [0.2, 0.25) is 5.02 Å². The monoisotopic (exact) mass is 456 g/mol. The molecule has 0 aromatic heterocycles. The van der Waals surface area contributed by atoms with Crippen molar-refractivity contribution >= 4 is 34.7 Å². The van der Waals surface area contributed by atoms with Gasteiger partial charge in [0.1, 0.15) is 5.70 Å². The average molecular weight is 457 g/mol. The summed E-state index contributed by atoms with van der Waals surface area (Å²) in [6, 6.07) is 26.9. The summed E-state index contributed by atoms with van der Waals surface area (Å²) in [5.41, 5.74) is 3.59. The SMILES string of the molecule is O=C1C(c2ccccc2)=C(N2CCC(Cc3ccccc3)CC2)C(=O)N1c1cccc(Cl)c1. The van der Waals surface area contributed by atoms with E-state index < -0.39 is 0 Å². The van der Waals surface area contributed by atoms with Gasteiger partial charge in [-0.15, -0.1) is 0 Å². The highest BCUT2D eigenvalue weighted by Crippen LogP contribution is 2.37. The van der Waals surface area contributed by atoms with E-state index >= 15 is 0 Å². The third-order valence-electron chi connectivity index (χ3n) is 6.49. The van der Waals surface area contributed by atoms with Crippen LogP contribution in [0.4, 0.5) is 5.69 Å². The first-order valence-corrected chi connectivity index (χ1v) is 11.7. The molecule has 2 aliphatic heterocycles. The van der Waals surface area contributed by atoms with Crippen molar-refractivity contribution in [3.05, 3.63) is 107 Å². The van der Waals surface area contributed by atoms with Gasteiger partial charge in [0.05, 0.1) is 11.3 Å². The molecule has 1 saturated heterocycles. The summed E-state index contributed by atoms with van der Waals surface area (Å²) in [6.07, 6.45) is 3.01. The number of carbonyl (C=O) groups is 2. The molecule has 2 heterocycles. The second-order valence-electron chi connectivity index (χ2n) is 8.64. The molecular weight excluding hydrogens is 432 g/mol. The van der Waals surface area contributed by atoms with Gasteiger partial charge in [0, 0.05) is 18.1 Å². The highest BCUT2D eigenvalue weighted by Gasteiger charge is 2.43. The number of hydrogen-bond acceptors (Lipinski definition) is 3. The van der Waals surface area contributed by atoms with E-state index in [1.807, 2.05) is 36.4 Å². The van der Waals surface area contributed by atoms with Crippen molar-refractivity contribution in [2.75, 3.05) is 18.0 Å². The van der Waals surface area contributed by atoms with Crippen LogP contribution in [0.1, 0.15) is 24.0 Å². The predicted octanol–water partition coefficient (Wildman–Crippen LogP) is 5.58. The third kappa shape index (κ3) is 4.31. The summed E-state index contributed by atoms with van der Waals surface area (Å²) in [6.45, 7) is 1.51. The summed E-state index contributed by atoms with van der Waals surface area (Å²) in [4.78, 5) is 30.6. The number of anilines is 1. The minimum absolute atomic E-state index is 0.275. The van der Waals surface area contributed by atoms with Gasteiger partial charge in [-0.05, 0) is 54.5 Å². The number of rotatable bonds is 5. The lowest BCUT2D eigenvalue weighted by Gasteiger charge is -2.34. The summed E-state index contributed by atoms with van der Waals surface area (Å²) in [5, 5.41) is 0.490. The van der Waals surface area contributed by atoms with E-state index in [1.165, 1.54) is 10.5 Å². The number of imide groups is 1. The standard InChI is InChI=1S/C28H25ClN2O2/c29-23-12-7-13-24(19-23)31-27(32)25(22-10-5-2-6-11-22)26(28(31)33)30-16-14-21(15-17-30)18-20-8-3-1-4-9-20/h1-13,19,21H,14-18H2. The maximum Gasteiger partial charge on any atom is 0.282 e. The van der Waals surface area contributed by atoms with Crippen molar-refractivity contribution < 1.29 is 9.59 Å². The van der Waals surface area contributed by atoms with Crippen molar-refractivity contribution in [2.24, 2.45) is 5.92 Å². The van der Waals surface area contributed by atoms with E-state index in [9.17, 15) is 9.59 Å². The van der Waals surface area contributed by atoms with Crippen LogP contribution < -0.4 is 4.90 Å². The molecule has 4 nitrogen and oxygen atoms in total. The lowest BCUT2D eigenvalue weighted by Crippen LogP contribution is -2.39. The van der Waals surface area contributed by atoms with Crippen LogP contribution in [0.15, 0.2) is 90.6 Å². The number of nitrogens with zero attached hydrogens (tertiary/aromatic N) is 2. The number of carbonyl (C=O) groups excluding carboxylic acids is 2. The number of halogens is 1. The van der Waals surface area contributed by atoms with Gasteiger partial charge < -0.3 is 4.90 Å². The van der Waals surface area contributed by atoms with Crippen molar-refractivity contribution in [1.29, 1.82) is 0 Å². The molecule has 0 atom stereocenters. The summed E-state index contributed by atoms with van der Waals surface area (Å²) < 4.78 is 0. The molecule has 2 amide bonds. The molecule has 0 bridgehead atoms. The highest BCUT2D eigenvalue weighted by atomic mass is 35.5. The van der Waals surface area contributed by atoms with Crippen LogP contribution in [0, 0.1) is 5.92 Å². The molecule has 0 saturated carbocycles. The lowest BCUT2D eigenvalue weighted by molar-refractivity contribution is -0.120. The Morgan fingerprint density at radius 1 is 0.788 bits per heavy atom. The van der Waals surface area contributed by atoms with E-state index in [4.69, 9.17) is 11.6 Å². The van der Waals surface area contributed by atoms with Crippen LogP contribution in [-0.4, -0.2) is 29.8 Å². The molecule has 0 spiro atoms. The average Bonchev–Trinajstić information content (AvgIpc) is 3.10. The van der Waals surface area contributed by atoms with Gasteiger partial charge in [-0.1, -0.05) is 78.3 Å². The van der Waals surface area contributed by atoms with Crippen LogP contribution in [-0.2, 0) is 16.0 Å². The second kappa shape index (κ2) is 9.24. The zero-order chi connectivity index (χ0) is 22.8. The van der Waals surface area contributed by atoms with Gasteiger partial charge in [0.2, 0.25) is 0 Å². The summed E-state index contributed by atoms with van der Waals surface area (Å²) in [7, 11) is 0. The molecule has 3 aromatic carbocycles. The Kier molecular flexibility index (Phi) is 6.01. The molecule has 0 radical (unpaired) electrons. The molecule has 3 aromatic rings. The Bertz CT molecular complexity index is 1200. The lowest BCUT2D eigenvalue weighted by atomic mass is 9.89. The van der Waals surface area contributed by atoms with Crippen LogP contribution in [0.5, 0.6) is 0 Å². The molecule has 1 fully saturated rings. The molecule has 5 rings (SSSR count). The maximum atomic E-state index is 13.6. The molecule has 33 heavy (non-hydrogen) atoms. The van der Waals surface area contributed by atoms with E-state index in [0.717, 1.165) is 37.9 Å². The number of hydrogen-bond donors (Lipinski definition) is 0. The van der Waals surface area contributed by atoms with Crippen molar-refractivity contribution in [3.8, 4) is 0 Å². The first kappa shape index (κ1) is 21.5. The van der Waals surface area contributed by atoms with Gasteiger partial charge in [-0.3, -0.25) is 9.59 Å². The van der Waals surface area contributed by atoms with Crippen molar-refractivity contribution in [2.45, 2.75) is 19.3 Å². The zero-order valence-corrected chi connectivity index (χ0v) is 19.0. The molecule has 166 valence electrons. The van der Waals surface area contributed by atoms with E-state index in [1.54, 1.807) is 24.3 Å². The second-order valence-corrected chi connectivity index (χ2v) is 9.07. The maximum absolute atomic E-state index is 13.6. The topological polar surface area (TPSA) is 40.6 Å². The fourth-order valence-electron chi connectivity index (χ4n) is 4.83. The van der Waals surface area contributed by atoms with E-state index in [0.29, 0.717) is 27.9 Å². The van der Waals surface area contributed by atoms with Crippen molar-refractivity contribution in [1.82, 2.24) is 4.90 Å². The van der Waals surface area contributed by atoms with Crippen LogP contribution >= 0.6 is 11.6 Å². The van der Waals surface area contributed by atoms with Crippen LogP contribution in [0.3, 0.4) is 0 Å². The smallest absolute Gasteiger partial charge is 0.282 e. The Morgan fingerprint density at radius 2 is 1.45 bits per heavy atom. The first-order valence-electron chi connectivity index (χ1n) is 11.3. The highest BCUT2D eigenvalue weighted by molar-refractivity contribution is 6.45. The largest absolute Gasteiger partial charge is 0.366 e. The quantitative estimate of drug-likeness (QED) is 0.470. The molecule has 0 unspecified atom stereocenters. The van der Waals surface area contributed by atoms with E-state index in [-0.39, 0.29) is 11.8 Å². The molecule has 2 aliphatic rings. The number of likely N-dealkylation sites (tertiary alicyclic amines) is 1. The van der Waals surface area contributed by atoms with Gasteiger partial charge >= 0.3 is 0 Å². The fourth-order valence-corrected chi connectivity index (χ4v) is 5.02. The Morgan fingerprint density at radius 3 is 2.12 bits per heavy atom. The van der Waals surface area contributed by atoms with Gasteiger partial charge in [-0.25, -0.2) is 4.90 Å². The van der Waals surface area contributed by atoms with E-state index in [2.05, 4.69) is 29.2 Å². The Labute approximate surface area is 199 Å². The number of amides is 2. The summed E-state index contributed by atoms with van der Waals surface area (Å²) >= 11 is 6.17. The third-order valence-corrected chi connectivity index (χ3v) is 6.72. The molecule has 0 N–H and O–H groups in total. The fraction of sp³-hybridized carbons (Fsp3) is 0.214. The summed E-state index contributed by atoms with van der Waals surface area (Å²) in [5.74, 6) is -0.00169. The molecular formula is C28H25ClN2O2. The van der Waals surface area contributed by atoms with Gasteiger partial charge in [-0.2, -0.15) is 0 Å². The molecule has 5 heteroatoms. The first-order chi connectivity index (χ1) is 16.1. The molecule has 0 aliphatic carbocycles. The minimum atomic E-state index is -0.296. The zero-order valence-electron chi connectivity index (χ0n) is 18.3. The van der Waals surface area contributed by atoms with Gasteiger partial charge in [0.15, 0.2) is 0 Å². The Balaban J connectivity index is 1.44. The predicted molar refractivity (Wildman–Crippen MR) is 132 cm³/mol. The normalized spacial score (nSPS) is 17.2. The number of piperidine rings is 1. The Hall–Kier alpha value is -3.37. The number of benzene rings is 3. The van der Waals surface area contributed by atoms with Crippen molar-refractivity contribution in [3.63, 3.8) is 0 Å².